The number of nitrogens with one attached hydrogen (secondary N) is 2. The van der Waals surface area contributed by atoms with Gasteiger partial charge in [-0.15, -0.1) is 0 Å². The summed E-state index contributed by atoms with van der Waals surface area (Å²) in [6.07, 6.45) is -2.90. The zero-order valence-corrected chi connectivity index (χ0v) is 26.1. The number of fused-ring (bicyclic) bond motifs is 8. The highest BCUT2D eigenvalue weighted by molar-refractivity contribution is 5.85. The van der Waals surface area contributed by atoms with E-state index in [2.05, 4.69) is 68.9 Å². The highest BCUT2D eigenvalue weighted by Gasteiger charge is 2.44. The molecule has 44 heavy (non-hydrogen) atoms. The number of aromatic amines is 2. The Morgan fingerprint density at radius 1 is 0.864 bits per heavy atom. The summed E-state index contributed by atoms with van der Waals surface area (Å²) < 4.78 is 11.6. The molecule has 3 aliphatic heterocycles. The lowest BCUT2D eigenvalue weighted by Crippen LogP contribution is -2.59. The van der Waals surface area contributed by atoms with Crippen molar-refractivity contribution in [3.63, 3.8) is 0 Å². The Morgan fingerprint density at radius 3 is 2.25 bits per heavy atom. The van der Waals surface area contributed by atoms with Crippen molar-refractivity contribution in [3.8, 4) is 0 Å². The van der Waals surface area contributed by atoms with Gasteiger partial charge in [-0.25, -0.2) is 4.98 Å². The van der Waals surface area contributed by atoms with Crippen LogP contribution in [0.4, 0.5) is 0 Å². The lowest BCUT2D eigenvalue weighted by molar-refractivity contribution is -0.304. The summed E-state index contributed by atoms with van der Waals surface area (Å²) in [5.74, 6) is 0.224. The Kier molecular flexibility index (Phi) is 8.25. The van der Waals surface area contributed by atoms with E-state index in [0.717, 1.165) is 85.5 Å². The highest BCUT2D eigenvalue weighted by atomic mass is 16.7. The zero-order chi connectivity index (χ0) is 31.4. The van der Waals surface area contributed by atoms with E-state index in [0.29, 0.717) is 0 Å². The molecule has 1 fully saturated rings. The maximum atomic E-state index is 10.6. The van der Waals surface area contributed by atoms with Gasteiger partial charge in [0.2, 0.25) is 0 Å². The van der Waals surface area contributed by atoms with Gasteiger partial charge in [0.05, 0.1) is 24.6 Å². The maximum absolute atomic E-state index is 10.6. The van der Waals surface area contributed by atoms with Crippen molar-refractivity contribution >= 4 is 33.7 Å². The molecule has 6 rings (SSSR count). The van der Waals surface area contributed by atoms with Gasteiger partial charge in [0, 0.05) is 44.9 Å². The standard InChI is InChI=1S/C34H42N4O6/c1-7-20-17(4)27-12-29-21(14-43-34-33(42)32(41)31(40)30(13-39)44-34)18(5)26(38-29)10-22-15(2)8-24(35-22)19(6)25-9-16(3)23(36-25)11-28(20)37-27/h9-12,15,30-34,37-42H,7-8,13-14H2,1-6H3/t15-,30+,31+,32-,33+,34+/m0/s1. The van der Waals surface area contributed by atoms with Gasteiger partial charge < -0.3 is 39.9 Å². The Labute approximate surface area is 256 Å². The fraction of sp³-hybridized carbons (Fsp3) is 0.471. The molecule has 0 radical (unpaired) electrons. The molecule has 234 valence electrons. The average molecular weight is 603 g/mol. The summed E-state index contributed by atoms with van der Waals surface area (Å²) >= 11 is 0. The lowest BCUT2D eigenvalue weighted by atomic mass is 9.99. The van der Waals surface area contributed by atoms with Gasteiger partial charge in [-0.05, 0) is 92.6 Å². The maximum Gasteiger partial charge on any atom is 0.187 e. The first kappa shape index (κ1) is 30.6. The van der Waals surface area contributed by atoms with Crippen LogP contribution in [0.5, 0.6) is 0 Å². The van der Waals surface area contributed by atoms with Crippen LogP contribution in [-0.2, 0) is 28.9 Å². The third-order valence-electron chi connectivity index (χ3n) is 9.44. The van der Waals surface area contributed by atoms with Crippen LogP contribution in [0.25, 0.3) is 33.7 Å². The van der Waals surface area contributed by atoms with Crippen molar-refractivity contribution in [3.05, 3.63) is 68.8 Å². The van der Waals surface area contributed by atoms with Crippen LogP contribution in [-0.4, -0.2) is 77.7 Å². The molecule has 6 atom stereocenters. The van der Waals surface area contributed by atoms with E-state index in [9.17, 15) is 20.4 Å². The summed E-state index contributed by atoms with van der Waals surface area (Å²) in [4.78, 5) is 17.3. The Bertz CT molecular complexity index is 1790. The largest absolute Gasteiger partial charge is 0.394 e. The molecule has 10 nitrogen and oxygen atoms in total. The van der Waals surface area contributed by atoms with Crippen LogP contribution in [0.1, 0.15) is 77.3 Å². The lowest BCUT2D eigenvalue weighted by Gasteiger charge is -2.39. The van der Waals surface area contributed by atoms with Gasteiger partial charge in [0.25, 0.3) is 0 Å². The number of allylic oxidation sites excluding steroid dienone is 1. The van der Waals surface area contributed by atoms with Gasteiger partial charge in [-0.3, -0.25) is 4.98 Å². The third kappa shape index (κ3) is 5.29. The second-order valence-electron chi connectivity index (χ2n) is 12.3. The number of H-pyrrole nitrogens is 2. The van der Waals surface area contributed by atoms with Crippen molar-refractivity contribution < 1.29 is 29.9 Å². The van der Waals surface area contributed by atoms with Gasteiger partial charge in [-0.2, -0.15) is 0 Å². The molecule has 3 aliphatic rings. The van der Waals surface area contributed by atoms with E-state index >= 15 is 0 Å². The van der Waals surface area contributed by atoms with Crippen LogP contribution in [0.15, 0.2) is 18.2 Å². The molecule has 0 aliphatic carbocycles. The average Bonchev–Trinajstić information content (AvgIpc) is 3.72. The minimum atomic E-state index is -1.51. The van der Waals surface area contributed by atoms with Gasteiger partial charge in [0.1, 0.15) is 24.4 Å². The fourth-order valence-corrected chi connectivity index (χ4v) is 6.47. The molecule has 0 aromatic carbocycles. The number of aryl methyl sites for hydroxylation is 3. The van der Waals surface area contributed by atoms with Crippen LogP contribution in [0.2, 0.25) is 0 Å². The molecule has 3 aromatic heterocycles. The smallest absolute Gasteiger partial charge is 0.187 e. The second kappa shape index (κ2) is 11.8. The predicted octanol–water partition coefficient (Wildman–Crippen LogP) is 4.03. The summed E-state index contributed by atoms with van der Waals surface area (Å²) in [6.45, 7) is 12.2. The molecule has 6 heterocycles. The monoisotopic (exact) mass is 602 g/mol. The Morgan fingerprint density at radius 2 is 1.55 bits per heavy atom. The normalized spacial score (nSPS) is 25.4. The number of hydrogen-bond donors (Lipinski definition) is 6. The molecular formula is C34H42N4O6. The van der Waals surface area contributed by atoms with Crippen molar-refractivity contribution in [2.45, 2.75) is 97.6 Å². The van der Waals surface area contributed by atoms with Gasteiger partial charge >= 0.3 is 0 Å². The number of aromatic nitrogens is 4. The first-order chi connectivity index (χ1) is 21.0. The number of hydrogen-bond acceptors (Lipinski definition) is 8. The number of ether oxygens (including phenoxy) is 2. The molecule has 1 saturated heterocycles. The van der Waals surface area contributed by atoms with E-state index in [1.54, 1.807) is 0 Å². The third-order valence-corrected chi connectivity index (χ3v) is 9.44. The van der Waals surface area contributed by atoms with Gasteiger partial charge in [-0.1, -0.05) is 13.8 Å². The summed E-state index contributed by atoms with van der Waals surface area (Å²) in [6, 6.07) is 6.29. The molecule has 8 bridgehead atoms. The van der Waals surface area contributed by atoms with Crippen LogP contribution in [0.3, 0.4) is 0 Å². The quantitative estimate of drug-likeness (QED) is 0.256. The highest BCUT2D eigenvalue weighted by Crippen LogP contribution is 2.32. The topological polar surface area (TPSA) is 157 Å². The number of nitrogens with zero attached hydrogens (tertiary/aromatic N) is 2. The van der Waals surface area contributed by atoms with E-state index in [4.69, 9.17) is 19.4 Å². The summed E-state index contributed by atoms with van der Waals surface area (Å²) in [5.41, 5.74) is 14.0. The summed E-state index contributed by atoms with van der Waals surface area (Å²) in [7, 11) is 0. The Balaban J connectivity index is 1.56. The van der Waals surface area contributed by atoms with Crippen molar-refractivity contribution in [1.29, 1.82) is 0 Å². The molecule has 0 saturated carbocycles. The van der Waals surface area contributed by atoms with Crippen molar-refractivity contribution in [2.24, 2.45) is 0 Å². The van der Waals surface area contributed by atoms with E-state index in [1.165, 1.54) is 5.56 Å². The van der Waals surface area contributed by atoms with Gasteiger partial charge in [0.15, 0.2) is 6.29 Å². The fourth-order valence-electron chi connectivity index (χ4n) is 6.47. The molecule has 6 N–H and O–H groups in total. The van der Waals surface area contributed by atoms with Crippen LogP contribution < -0.4 is 0 Å². The summed E-state index contributed by atoms with van der Waals surface area (Å²) in [5, 5.41) is 40.7. The zero-order valence-electron chi connectivity index (χ0n) is 26.1. The van der Waals surface area contributed by atoms with Crippen LogP contribution in [0, 0.1) is 20.8 Å². The second-order valence-corrected chi connectivity index (χ2v) is 12.3. The first-order valence-electron chi connectivity index (χ1n) is 15.3. The van der Waals surface area contributed by atoms with E-state index in [-0.39, 0.29) is 12.5 Å². The first-order valence-corrected chi connectivity index (χ1v) is 15.3. The SMILES string of the molecule is CCc1c(C)c2cc3[nH]c(cc4nc(c(C)c5nc(cc1[nH]2)C(C)=C5)C[C@@H]4C)c(C)c3CO[C@@H]1O[C@H](CO)[C@@H](O)[C@H](O)[C@H]1O. The molecule has 0 spiro atoms. The number of aliphatic hydroxyl groups excluding tert-OH is 4. The van der Waals surface area contributed by atoms with E-state index in [1.807, 2.05) is 6.92 Å². The number of aliphatic hydroxyl groups is 4. The molecule has 0 unspecified atom stereocenters. The molecule has 0 amide bonds. The Hall–Kier alpha value is -3.38. The molecular weight excluding hydrogens is 560 g/mol. The van der Waals surface area contributed by atoms with E-state index < -0.39 is 37.3 Å². The molecule has 3 aromatic rings. The minimum Gasteiger partial charge on any atom is -0.394 e. The minimum absolute atomic E-state index is 0.0511. The van der Waals surface area contributed by atoms with Crippen LogP contribution >= 0.6 is 0 Å². The van der Waals surface area contributed by atoms with Crippen molar-refractivity contribution in [2.75, 3.05) is 6.61 Å². The molecule has 10 heteroatoms. The predicted molar refractivity (Wildman–Crippen MR) is 169 cm³/mol. The van der Waals surface area contributed by atoms with Crippen molar-refractivity contribution in [1.82, 2.24) is 19.9 Å². The number of rotatable bonds is 5.